The molecule has 0 saturated carbocycles. The van der Waals surface area contributed by atoms with E-state index in [0.29, 0.717) is 10.8 Å². The number of ether oxygens (including phenoxy) is 1. The summed E-state index contributed by atoms with van der Waals surface area (Å²) in [7, 11) is 0. The number of nitrogens with one attached hydrogen (secondary N) is 1. The van der Waals surface area contributed by atoms with Gasteiger partial charge in [0.25, 0.3) is 5.91 Å². The Morgan fingerprint density at radius 1 is 0.759 bits per heavy atom. The van der Waals surface area contributed by atoms with Gasteiger partial charge in [-0.2, -0.15) is 0 Å². The first-order chi connectivity index (χ1) is 14.2. The maximum atomic E-state index is 12.7. The smallest absolute Gasteiger partial charge is 0.258 e. The van der Waals surface area contributed by atoms with Crippen molar-refractivity contribution in [2.75, 3.05) is 6.61 Å². The van der Waals surface area contributed by atoms with Crippen LogP contribution >= 0.6 is 11.6 Å². The topological polar surface area (TPSA) is 38.3 Å². The highest BCUT2D eigenvalue weighted by Gasteiger charge is 2.17. The summed E-state index contributed by atoms with van der Waals surface area (Å²) < 4.78 is 5.84. The fraction of sp³-hybridized carbons (Fsp3) is 0.0800. The third kappa shape index (κ3) is 4.41. The molecule has 144 valence electrons. The number of hydrogen-bond acceptors (Lipinski definition) is 2. The summed E-state index contributed by atoms with van der Waals surface area (Å²) >= 11 is 6.26. The highest BCUT2D eigenvalue weighted by molar-refractivity contribution is 6.35. The molecule has 0 aliphatic rings. The standard InChI is InChI=1S/C25H20ClNO2/c26-22-15-16-23(21-14-8-7-13-20(21)22)29-17-24(28)27-25(18-9-3-1-4-10-18)19-11-5-2-6-12-19/h1-16,25H,17H2,(H,27,28). The summed E-state index contributed by atoms with van der Waals surface area (Å²) in [5.41, 5.74) is 2.04. The van der Waals surface area contributed by atoms with Gasteiger partial charge in [-0.3, -0.25) is 4.79 Å². The summed E-state index contributed by atoms with van der Waals surface area (Å²) in [6, 6.07) is 30.9. The molecule has 0 aliphatic heterocycles. The van der Waals surface area contributed by atoms with E-state index in [1.54, 1.807) is 12.1 Å². The molecule has 0 fully saturated rings. The summed E-state index contributed by atoms with van der Waals surface area (Å²) in [6.45, 7) is -0.0816. The fourth-order valence-electron chi connectivity index (χ4n) is 3.36. The van der Waals surface area contributed by atoms with E-state index in [-0.39, 0.29) is 18.6 Å². The summed E-state index contributed by atoms with van der Waals surface area (Å²) in [5, 5.41) is 5.53. The van der Waals surface area contributed by atoms with Crippen LogP contribution in [0.15, 0.2) is 97.1 Å². The Morgan fingerprint density at radius 2 is 1.31 bits per heavy atom. The van der Waals surface area contributed by atoms with Crippen molar-refractivity contribution in [3.8, 4) is 5.75 Å². The fourth-order valence-corrected chi connectivity index (χ4v) is 3.58. The number of hydrogen-bond donors (Lipinski definition) is 1. The molecule has 0 aromatic heterocycles. The average molecular weight is 402 g/mol. The highest BCUT2D eigenvalue weighted by atomic mass is 35.5. The molecule has 0 spiro atoms. The lowest BCUT2D eigenvalue weighted by Gasteiger charge is -2.20. The van der Waals surface area contributed by atoms with Gasteiger partial charge < -0.3 is 10.1 Å². The van der Waals surface area contributed by atoms with Crippen molar-refractivity contribution >= 4 is 28.3 Å². The molecule has 29 heavy (non-hydrogen) atoms. The minimum absolute atomic E-state index is 0.0816. The molecule has 4 heteroatoms. The number of benzene rings is 4. The molecule has 0 radical (unpaired) electrons. The molecule has 1 N–H and O–H groups in total. The van der Waals surface area contributed by atoms with Crippen LogP contribution in [0.2, 0.25) is 5.02 Å². The molecule has 1 amide bonds. The molecule has 0 bridgehead atoms. The maximum Gasteiger partial charge on any atom is 0.258 e. The van der Waals surface area contributed by atoms with Crippen LogP contribution in [-0.4, -0.2) is 12.5 Å². The van der Waals surface area contributed by atoms with Crippen molar-refractivity contribution in [1.29, 1.82) is 0 Å². The van der Waals surface area contributed by atoms with E-state index in [9.17, 15) is 4.79 Å². The van der Waals surface area contributed by atoms with Gasteiger partial charge in [0.2, 0.25) is 0 Å². The molecule has 0 heterocycles. The normalized spacial score (nSPS) is 10.8. The van der Waals surface area contributed by atoms with Crippen molar-refractivity contribution in [3.63, 3.8) is 0 Å². The monoisotopic (exact) mass is 401 g/mol. The minimum atomic E-state index is -0.240. The number of carbonyl (C=O) groups excluding carboxylic acids is 1. The van der Waals surface area contributed by atoms with Gasteiger partial charge in [0.15, 0.2) is 6.61 Å². The maximum absolute atomic E-state index is 12.7. The van der Waals surface area contributed by atoms with Crippen molar-refractivity contribution in [2.24, 2.45) is 0 Å². The van der Waals surface area contributed by atoms with Crippen molar-refractivity contribution < 1.29 is 9.53 Å². The molecule has 4 rings (SSSR count). The molecule has 0 unspecified atom stereocenters. The lowest BCUT2D eigenvalue weighted by molar-refractivity contribution is -0.123. The number of halogens is 1. The second kappa shape index (κ2) is 8.80. The third-order valence-corrected chi connectivity index (χ3v) is 5.09. The molecule has 0 aliphatic carbocycles. The molecule has 0 atom stereocenters. The Morgan fingerprint density at radius 3 is 1.93 bits per heavy atom. The van der Waals surface area contributed by atoms with E-state index in [1.165, 1.54) is 0 Å². The van der Waals surface area contributed by atoms with Crippen LogP contribution in [0.5, 0.6) is 5.75 Å². The van der Waals surface area contributed by atoms with Gasteiger partial charge in [-0.05, 0) is 23.3 Å². The van der Waals surface area contributed by atoms with Crippen molar-refractivity contribution in [1.82, 2.24) is 5.32 Å². The first-order valence-electron chi connectivity index (χ1n) is 9.41. The Hall–Kier alpha value is -3.30. The Labute approximate surface area is 174 Å². The number of fused-ring (bicyclic) bond motifs is 1. The van der Waals surface area contributed by atoms with Crippen LogP contribution in [0, 0.1) is 0 Å². The zero-order chi connectivity index (χ0) is 20.1. The van der Waals surface area contributed by atoms with E-state index < -0.39 is 0 Å². The van der Waals surface area contributed by atoms with Crippen LogP contribution in [0.25, 0.3) is 10.8 Å². The summed E-state index contributed by atoms with van der Waals surface area (Å²) in [4.78, 5) is 12.7. The second-order valence-electron chi connectivity index (χ2n) is 6.70. The van der Waals surface area contributed by atoms with E-state index in [2.05, 4.69) is 5.32 Å². The van der Waals surface area contributed by atoms with Gasteiger partial charge in [-0.1, -0.05) is 96.5 Å². The van der Waals surface area contributed by atoms with E-state index in [0.717, 1.165) is 21.9 Å². The van der Waals surface area contributed by atoms with Gasteiger partial charge in [0.05, 0.1) is 6.04 Å². The summed E-state index contributed by atoms with van der Waals surface area (Å²) in [5.74, 6) is 0.442. The van der Waals surface area contributed by atoms with Crippen molar-refractivity contribution in [3.05, 3.63) is 113 Å². The first kappa shape index (κ1) is 19.0. The van der Waals surface area contributed by atoms with Gasteiger partial charge >= 0.3 is 0 Å². The molecule has 4 aromatic carbocycles. The molecular weight excluding hydrogens is 382 g/mol. The van der Waals surface area contributed by atoms with Crippen LogP contribution in [0.1, 0.15) is 17.2 Å². The largest absolute Gasteiger partial charge is 0.483 e. The van der Waals surface area contributed by atoms with Crippen molar-refractivity contribution in [2.45, 2.75) is 6.04 Å². The quantitative estimate of drug-likeness (QED) is 0.445. The molecule has 3 nitrogen and oxygen atoms in total. The molecular formula is C25H20ClNO2. The molecule has 0 saturated heterocycles. The van der Waals surface area contributed by atoms with Crippen LogP contribution in [0.4, 0.5) is 0 Å². The lowest BCUT2D eigenvalue weighted by Crippen LogP contribution is -2.33. The lowest BCUT2D eigenvalue weighted by atomic mass is 9.99. The number of amides is 1. The average Bonchev–Trinajstić information content (AvgIpc) is 2.78. The van der Waals surface area contributed by atoms with Gasteiger partial charge in [-0.15, -0.1) is 0 Å². The van der Waals surface area contributed by atoms with E-state index in [1.807, 2.05) is 84.9 Å². The predicted molar refractivity (Wildman–Crippen MR) is 117 cm³/mol. The van der Waals surface area contributed by atoms with Crippen LogP contribution in [-0.2, 0) is 4.79 Å². The molecule has 4 aromatic rings. The van der Waals surface area contributed by atoms with Crippen LogP contribution in [0.3, 0.4) is 0 Å². The highest BCUT2D eigenvalue weighted by Crippen LogP contribution is 2.31. The minimum Gasteiger partial charge on any atom is -0.483 e. The summed E-state index contributed by atoms with van der Waals surface area (Å²) in [6.07, 6.45) is 0. The Balaban J connectivity index is 1.52. The Bertz CT molecular complexity index is 1070. The zero-order valence-electron chi connectivity index (χ0n) is 15.7. The first-order valence-corrected chi connectivity index (χ1v) is 9.79. The Kier molecular flexibility index (Phi) is 5.78. The van der Waals surface area contributed by atoms with Gasteiger partial charge in [-0.25, -0.2) is 0 Å². The van der Waals surface area contributed by atoms with Crippen LogP contribution < -0.4 is 10.1 Å². The van der Waals surface area contributed by atoms with E-state index >= 15 is 0 Å². The van der Waals surface area contributed by atoms with E-state index in [4.69, 9.17) is 16.3 Å². The SMILES string of the molecule is O=C(COc1ccc(Cl)c2ccccc12)NC(c1ccccc1)c1ccccc1. The second-order valence-corrected chi connectivity index (χ2v) is 7.11. The van der Waals surface area contributed by atoms with Gasteiger partial charge in [0, 0.05) is 15.8 Å². The predicted octanol–water partition coefficient (Wildman–Crippen LogP) is 5.78. The van der Waals surface area contributed by atoms with Gasteiger partial charge in [0.1, 0.15) is 5.75 Å². The third-order valence-electron chi connectivity index (χ3n) is 4.76. The zero-order valence-corrected chi connectivity index (χ0v) is 16.5. The number of rotatable bonds is 6. The number of carbonyl (C=O) groups is 1.